The second-order valence-electron chi connectivity index (χ2n) is 6.17. The Balaban J connectivity index is 1.80. The van der Waals surface area contributed by atoms with Gasteiger partial charge in [-0.25, -0.2) is 9.50 Å². The lowest BCUT2D eigenvalue weighted by Gasteiger charge is -2.41. The average Bonchev–Trinajstić information content (AvgIpc) is 2.88. The third kappa shape index (κ3) is 1.78. The van der Waals surface area contributed by atoms with Crippen molar-refractivity contribution < 1.29 is 0 Å². The molecule has 0 bridgehead atoms. The molecule has 1 spiro atoms. The summed E-state index contributed by atoms with van der Waals surface area (Å²) in [6.07, 6.45) is 12.2. The Labute approximate surface area is 118 Å². The second-order valence-corrected chi connectivity index (χ2v) is 6.52. The van der Waals surface area contributed by atoms with Crippen LogP contribution in [0, 0.1) is 5.41 Å². The summed E-state index contributed by atoms with van der Waals surface area (Å²) < 4.78 is 1.76. The van der Waals surface area contributed by atoms with Crippen LogP contribution in [0.2, 0.25) is 5.15 Å². The highest BCUT2D eigenvalue weighted by Gasteiger charge is 2.37. The van der Waals surface area contributed by atoms with E-state index >= 15 is 0 Å². The molecule has 4 heteroatoms. The Hall–Kier alpha value is -1.09. The Morgan fingerprint density at radius 3 is 2.84 bits per heavy atom. The van der Waals surface area contributed by atoms with E-state index in [-0.39, 0.29) is 0 Å². The first-order valence-corrected chi connectivity index (χ1v) is 7.66. The molecule has 2 aromatic rings. The molecule has 2 aliphatic rings. The maximum Gasteiger partial charge on any atom is 0.156 e. The fourth-order valence-corrected chi connectivity index (χ4v) is 4.27. The highest BCUT2D eigenvalue weighted by molar-refractivity contribution is 6.30. The topological polar surface area (TPSA) is 30.2 Å². The molecule has 0 saturated heterocycles. The Morgan fingerprint density at radius 1 is 1.16 bits per heavy atom. The summed E-state index contributed by atoms with van der Waals surface area (Å²) in [6.45, 7) is 0. The first-order chi connectivity index (χ1) is 9.27. The monoisotopic (exact) mass is 275 g/mol. The number of aromatic nitrogens is 3. The normalized spacial score (nSPS) is 21.7. The minimum Gasteiger partial charge on any atom is -0.233 e. The summed E-state index contributed by atoms with van der Waals surface area (Å²) in [7, 11) is 0. The van der Waals surface area contributed by atoms with Crippen molar-refractivity contribution in [2.45, 2.75) is 51.4 Å². The minimum atomic E-state index is 0.514. The van der Waals surface area contributed by atoms with Crippen LogP contribution < -0.4 is 0 Å². The number of hydrogen-bond acceptors (Lipinski definition) is 2. The van der Waals surface area contributed by atoms with E-state index in [1.807, 2.05) is 6.07 Å². The molecule has 0 aromatic carbocycles. The van der Waals surface area contributed by atoms with Crippen molar-refractivity contribution in [2.24, 2.45) is 5.41 Å². The van der Waals surface area contributed by atoms with Crippen LogP contribution in [-0.4, -0.2) is 14.6 Å². The number of hydrogen-bond donors (Lipinski definition) is 0. The Bertz CT molecular complexity index is 626. The summed E-state index contributed by atoms with van der Waals surface area (Å²) >= 11 is 6.49. The molecule has 2 aliphatic carbocycles. The van der Waals surface area contributed by atoms with Crippen molar-refractivity contribution in [3.63, 3.8) is 0 Å². The molecule has 100 valence electrons. The smallest absolute Gasteiger partial charge is 0.156 e. The van der Waals surface area contributed by atoms with E-state index in [1.54, 1.807) is 10.7 Å². The van der Waals surface area contributed by atoms with Crippen LogP contribution in [-0.2, 0) is 12.8 Å². The van der Waals surface area contributed by atoms with Gasteiger partial charge in [0.15, 0.2) is 5.65 Å². The highest BCUT2D eigenvalue weighted by Crippen LogP contribution is 2.46. The Morgan fingerprint density at radius 2 is 2.00 bits per heavy atom. The van der Waals surface area contributed by atoms with Crippen LogP contribution in [0.4, 0.5) is 0 Å². The molecule has 1 fully saturated rings. The van der Waals surface area contributed by atoms with E-state index in [0.29, 0.717) is 5.41 Å². The van der Waals surface area contributed by atoms with Gasteiger partial charge in [0.2, 0.25) is 0 Å². The van der Waals surface area contributed by atoms with E-state index in [9.17, 15) is 0 Å². The molecule has 0 unspecified atom stereocenters. The van der Waals surface area contributed by atoms with Gasteiger partial charge in [0.1, 0.15) is 5.15 Å². The third-order valence-electron chi connectivity index (χ3n) is 5.02. The van der Waals surface area contributed by atoms with Crippen molar-refractivity contribution in [3.8, 4) is 0 Å². The van der Waals surface area contributed by atoms with Gasteiger partial charge in [-0.2, -0.15) is 5.10 Å². The first kappa shape index (κ1) is 11.7. The summed E-state index contributed by atoms with van der Waals surface area (Å²) in [4.78, 5) is 4.80. The van der Waals surface area contributed by atoms with Crippen molar-refractivity contribution in [2.75, 3.05) is 0 Å². The lowest BCUT2D eigenvalue weighted by atomic mass is 9.65. The van der Waals surface area contributed by atoms with Crippen molar-refractivity contribution in [1.29, 1.82) is 0 Å². The van der Waals surface area contributed by atoms with Crippen LogP contribution >= 0.6 is 11.6 Å². The van der Waals surface area contributed by atoms with Gasteiger partial charge in [-0.3, -0.25) is 0 Å². The van der Waals surface area contributed by atoms with E-state index < -0.39 is 0 Å². The van der Waals surface area contributed by atoms with Crippen LogP contribution in [0.25, 0.3) is 5.65 Å². The predicted octanol–water partition coefficient (Wildman–Crippen LogP) is 3.82. The van der Waals surface area contributed by atoms with Crippen LogP contribution in [0.3, 0.4) is 0 Å². The number of fused-ring (bicyclic) bond motifs is 2. The zero-order valence-corrected chi connectivity index (χ0v) is 11.8. The molecular weight excluding hydrogens is 258 g/mol. The summed E-state index contributed by atoms with van der Waals surface area (Å²) in [5.41, 5.74) is 3.86. The van der Waals surface area contributed by atoms with Gasteiger partial charge in [0.25, 0.3) is 0 Å². The standard InChI is InChI=1S/C15H18ClN3/c16-14-11-4-8-15(6-2-1-3-7-15)10-12(11)18-13-5-9-17-19(13)14/h5,9H,1-4,6-8,10H2. The van der Waals surface area contributed by atoms with Gasteiger partial charge in [0.05, 0.1) is 6.20 Å². The lowest BCUT2D eigenvalue weighted by Crippen LogP contribution is -2.32. The van der Waals surface area contributed by atoms with Gasteiger partial charge in [-0.05, 0) is 37.5 Å². The van der Waals surface area contributed by atoms with Gasteiger partial charge < -0.3 is 0 Å². The number of halogens is 1. The largest absolute Gasteiger partial charge is 0.233 e. The molecule has 3 nitrogen and oxygen atoms in total. The van der Waals surface area contributed by atoms with E-state index in [4.69, 9.17) is 16.6 Å². The molecule has 2 heterocycles. The van der Waals surface area contributed by atoms with E-state index in [1.165, 1.54) is 49.8 Å². The molecule has 0 N–H and O–H groups in total. The van der Waals surface area contributed by atoms with Crippen LogP contribution in [0.1, 0.15) is 49.8 Å². The fraction of sp³-hybridized carbons (Fsp3) is 0.600. The van der Waals surface area contributed by atoms with Crippen molar-refractivity contribution in [1.82, 2.24) is 14.6 Å². The minimum absolute atomic E-state index is 0.514. The van der Waals surface area contributed by atoms with Crippen molar-refractivity contribution in [3.05, 3.63) is 28.7 Å². The molecule has 19 heavy (non-hydrogen) atoms. The molecule has 2 aromatic heterocycles. The Kier molecular flexibility index (Phi) is 2.59. The SMILES string of the molecule is Clc1c2c(nc3ccnn13)CC1(CCCCC1)CC2. The number of rotatable bonds is 0. The maximum atomic E-state index is 6.49. The molecule has 0 aliphatic heterocycles. The molecule has 4 rings (SSSR count). The van der Waals surface area contributed by atoms with Gasteiger partial charge in [0, 0.05) is 17.3 Å². The molecular formula is C15H18ClN3. The zero-order chi connectivity index (χ0) is 12.9. The average molecular weight is 276 g/mol. The molecule has 1 saturated carbocycles. The maximum absolute atomic E-state index is 6.49. The summed E-state index contributed by atoms with van der Waals surface area (Å²) in [6, 6.07) is 1.94. The third-order valence-corrected chi connectivity index (χ3v) is 5.41. The fourth-order valence-electron chi connectivity index (χ4n) is 3.94. The van der Waals surface area contributed by atoms with Crippen molar-refractivity contribution >= 4 is 17.2 Å². The number of nitrogens with zero attached hydrogens (tertiary/aromatic N) is 3. The van der Waals surface area contributed by atoms with E-state index in [0.717, 1.165) is 23.6 Å². The van der Waals surface area contributed by atoms with Gasteiger partial charge in [-0.15, -0.1) is 0 Å². The van der Waals surface area contributed by atoms with Gasteiger partial charge >= 0.3 is 0 Å². The molecule has 0 atom stereocenters. The summed E-state index contributed by atoms with van der Waals surface area (Å²) in [5, 5.41) is 5.03. The molecule has 0 amide bonds. The lowest BCUT2D eigenvalue weighted by molar-refractivity contribution is 0.160. The quantitative estimate of drug-likeness (QED) is 0.684. The highest BCUT2D eigenvalue weighted by atomic mass is 35.5. The zero-order valence-electron chi connectivity index (χ0n) is 11.0. The van der Waals surface area contributed by atoms with E-state index in [2.05, 4.69) is 5.10 Å². The van der Waals surface area contributed by atoms with Gasteiger partial charge in [-0.1, -0.05) is 30.9 Å². The van der Waals surface area contributed by atoms with Crippen LogP contribution in [0.15, 0.2) is 12.3 Å². The second kappa shape index (κ2) is 4.20. The molecule has 0 radical (unpaired) electrons. The van der Waals surface area contributed by atoms with Crippen LogP contribution in [0.5, 0.6) is 0 Å². The first-order valence-electron chi connectivity index (χ1n) is 7.28. The predicted molar refractivity (Wildman–Crippen MR) is 75.5 cm³/mol. The summed E-state index contributed by atoms with van der Waals surface area (Å²) in [5.74, 6) is 0.